The molecule has 0 fully saturated rings. The zero-order valence-corrected chi connectivity index (χ0v) is 18.6. The van der Waals surface area contributed by atoms with E-state index in [1.54, 1.807) is 7.11 Å². The van der Waals surface area contributed by atoms with Crippen LogP contribution in [0.4, 0.5) is 0 Å². The van der Waals surface area contributed by atoms with Gasteiger partial charge in [-0.25, -0.2) is 0 Å². The molecule has 0 amide bonds. The van der Waals surface area contributed by atoms with Crippen LogP contribution in [0.5, 0.6) is 0 Å². The molecule has 0 saturated heterocycles. The zero-order valence-electron chi connectivity index (χ0n) is 16.6. The lowest BCUT2D eigenvalue weighted by molar-refractivity contribution is 0.00547. The second-order valence-corrected chi connectivity index (χ2v) is 15.6. The molecule has 0 bridgehead atoms. The van der Waals surface area contributed by atoms with Crippen molar-refractivity contribution in [2.75, 3.05) is 46.8 Å². The molecule has 26 heavy (non-hydrogen) atoms. The first kappa shape index (κ1) is 26.1. The van der Waals surface area contributed by atoms with E-state index in [0.717, 1.165) is 24.9 Å². The fourth-order valence-corrected chi connectivity index (χ4v) is 10.1. The number of aliphatic hydroxyl groups excluding tert-OH is 4. The molecule has 4 N–H and O–H groups in total. The van der Waals surface area contributed by atoms with E-state index in [2.05, 4.69) is 19.6 Å². The second kappa shape index (κ2) is 14.2. The Morgan fingerprint density at radius 1 is 0.808 bits per heavy atom. The van der Waals surface area contributed by atoms with Crippen LogP contribution in [-0.4, -0.2) is 96.3 Å². The molecule has 0 heterocycles. The monoisotopic (exact) mass is 414 g/mol. The summed E-state index contributed by atoms with van der Waals surface area (Å²) in [5.41, 5.74) is 0. The van der Waals surface area contributed by atoms with E-state index in [1.165, 1.54) is 0 Å². The Labute approximate surface area is 159 Å². The molecule has 158 valence electrons. The minimum absolute atomic E-state index is 0.119. The lowest BCUT2D eigenvalue weighted by atomic mass is 10.4. The van der Waals surface area contributed by atoms with Crippen LogP contribution in [0.25, 0.3) is 0 Å². The summed E-state index contributed by atoms with van der Waals surface area (Å²) >= 11 is 0. The molecule has 0 aliphatic rings. The van der Waals surface area contributed by atoms with Gasteiger partial charge in [-0.1, -0.05) is 0 Å². The third-order valence-corrected chi connectivity index (χ3v) is 10.5. The molecular formula is C16H38O8Si2. The van der Waals surface area contributed by atoms with Gasteiger partial charge in [-0.2, -0.15) is 0 Å². The van der Waals surface area contributed by atoms with Crippen molar-refractivity contribution in [3.05, 3.63) is 0 Å². The van der Waals surface area contributed by atoms with Crippen molar-refractivity contribution in [2.24, 2.45) is 0 Å². The molecular weight excluding hydrogens is 376 g/mol. The van der Waals surface area contributed by atoms with E-state index in [4.69, 9.17) is 28.2 Å². The SMILES string of the molecule is CO[Si](CCCOCC(O)CO)(CCCOCC(O)CO)O[Si](C)(C)C. The molecule has 10 heteroatoms. The van der Waals surface area contributed by atoms with Gasteiger partial charge in [-0.05, 0) is 44.6 Å². The molecule has 0 aromatic heterocycles. The molecule has 0 aliphatic carbocycles. The normalized spacial score (nSPS) is 17.1. The standard InChI is InChI=1S/C16H38O8Si2/c1-21-26(24-25(2,3)4,9-5-7-22-13-15(19)11-17)10-6-8-23-14-16(20)12-18/h15-20H,5-14H2,1-4H3. The summed E-state index contributed by atoms with van der Waals surface area (Å²) in [6.07, 6.45) is -0.173. The summed E-state index contributed by atoms with van der Waals surface area (Å²) in [6.45, 7) is 6.98. The predicted molar refractivity (Wildman–Crippen MR) is 104 cm³/mol. The molecule has 0 aromatic carbocycles. The van der Waals surface area contributed by atoms with Crippen molar-refractivity contribution < 1.29 is 38.4 Å². The van der Waals surface area contributed by atoms with E-state index in [1.807, 2.05) is 0 Å². The summed E-state index contributed by atoms with van der Waals surface area (Å²) in [5, 5.41) is 36.1. The molecule has 0 rings (SSSR count). The number of rotatable bonds is 17. The second-order valence-electron chi connectivity index (χ2n) is 7.36. The van der Waals surface area contributed by atoms with Crippen LogP contribution in [-0.2, 0) is 18.0 Å². The van der Waals surface area contributed by atoms with Crippen molar-refractivity contribution in [1.82, 2.24) is 0 Å². The average molecular weight is 415 g/mol. The third-order valence-electron chi connectivity index (χ3n) is 3.60. The zero-order chi connectivity index (χ0) is 20.1. The Bertz CT molecular complexity index is 321. The Hall–Kier alpha value is 0.114. The van der Waals surface area contributed by atoms with E-state index in [-0.39, 0.29) is 26.4 Å². The number of ether oxygens (including phenoxy) is 2. The highest BCUT2D eigenvalue weighted by Gasteiger charge is 2.39. The molecule has 0 spiro atoms. The van der Waals surface area contributed by atoms with Gasteiger partial charge in [-0.15, -0.1) is 0 Å². The van der Waals surface area contributed by atoms with Crippen LogP contribution >= 0.6 is 0 Å². The van der Waals surface area contributed by atoms with E-state index in [0.29, 0.717) is 13.2 Å². The highest BCUT2D eigenvalue weighted by molar-refractivity contribution is 6.82. The molecule has 0 saturated carbocycles. The Balaban J connectivity index is 4.41. The van der Waals surface area contributed by atoms with Crippen molar-refractivity contribution in [1.29, 1.82) is 0 Å². The van der Waals surface area contributed by atoms with Crippen molar-refractivity contribution in [2.45, 2.75) is 56.8 Å². The summed E-state index contributed by atoms with van der Waals surface area (Å²) in [6, 6.07) is 1.56. The van der Waals surface area contributed by atoms with Gasteiger partial charge in [0.2, 0.25) is 0 Å². The highest BCUT2D eigenvalue weighted by atomic mass is 28.4. The molecule has 2 atom stereocenters. The fourth-order valence-electron chi connectivity index (χ4n) is 2.46. The maximum Gasteiger partial charge on any atom is 0.327 e. The summed E-state index contributed by atoms with van der Waals surface area (Å²) in [7, 11) is -2.49. The van der Waals surface area contributed by atoms with E-state index >= 15 is 0 Å². The molecule has 2 unspecified atom stereocenters. The molecule has 8 nitrogen and oxygen atoms in total. The van der Waals surface area contributed by atoms with E-state index < -0.39 is 29.1 Å². The van der Waals surface area contributed by atoms with Gasteiger partial charge in [0.15, 0.2) is 8.32 Å². The van der Waals surface area contributed by atoms with Gasteiger partial charge in [-0.3, -0.25) is 0 Å². The van der Waals surface area contributed by atoms with Crippen molar-refractivity contribution in [3.8, 4) is 0 Å². The number of aliphatic hydroxyl groups is 4. The van der Waals surface area contributed by atoms with Crippen LogP contribution < -0.4 is 0 Å². The van der Waals surface area contributed by atoms with Gasteiger partial charge >= 0.3 is 8.56 Å². The Morgan fingerprint density at radius 2 is 1.23 bits per heavy atom. The average Bonchev–Trinajstić information content (AvgIpc) is 2.58. The number of hydrogen-bond donors (Lipinski definition) is 4. The molecule has 0 aromatic rings. The molecule has 0 radical (unpaired) electrons. The van der Waals surface area contributed by atoms with Crippen molar-refractivity contribution >= 4 is 16.9 Å². The summed E-state index contributed by atoms with van der Waals surface area (Å²) in [5.74, 6) is 0. The van der Waals surface area contributed by atoms with Crippen LogP contribution in [0, 0.1) is 0 Å². The van der Waals surface area contributed by atoms with Crippen molar-refractivity contribution in [3.63, 3.8) is 0 Å². The van der Waals surface area contributed by atoms with Crippen LogP contribution in [0.15, 0.2) is 0 Å². The first-order valence-electron chi connectivity index (χ1n) is 9.16. The Morgan fingerprint density at radius 3 is 1.54 bits per heavy atom. The highest BCUT2D eigenvalue weighted by Crippen LogP contribution is 2.26. The lowest BCUT2D eigenvalue weighted by Gasteiger charge is -2.35. The van der Waals surface area contributed by atoms with Gasteiger partial charge in [0.25, 0.3) is 0 Å². The van der Waals surface area contributed by atoms with Gasteiger partial charge in [0.05, 0.1) is 26.4 Å². The predicted octanol–water partition coefficient (Wildman–Crippen LogP) is 0.446. The summed E-state index contributed by atoms with van der Waals surface area (Å²) in [4.78, 5) is 0. The van der Waals surface area contributed by atoms with Gasteiger partial charge in [0.1, 0.15) is 12.2 Å². The van der Waals surface area contributed by atoms with E-state index in [9.17, 15) is 10.2 Å². The van der Waals surface area contributed by atoms with Gasteiger partial charge in [0, 0.05) is 20.3 Å². The molecule has 0 aliphatic heterocycles. The smallest absolute Gasteiger partial charge is 0.327 e. The van der Waals surface area contributed by atoms with Crippen LogP contribution in [0.2, 0.25) is 31.7 Å². The minimum atomic E-state index is -2.40. The van der Waals surface area contributed by atoms with Crippen LogP contribution in [0.3, 0.4) is 0 Å². The summed E-state index contributed by atoms with van der Waals surface area (Å²) < 4.78 is 23.1. The number of hydrogen-bond acceptors (Lipinski definition) is 8. The fraction of sp³-hybridized carbons (Fsp3) is 1.00. The largest absolute Gasteiger partial charge is 0.436 e. The first-order valence-corrected chi connectivity index (χ1v) is 14.8. The third kappa shape index (κ3) is 13.3. The quantitative estimate of drug-likeness (QED) is 0.200. The topological polar surface area (TPSA) is 118 Å². The minimum Gasteiger partial charge on any atom is -0.436 e. The maximum absolute atomic E-state index is 9.28. The maximum atomic E-state index is 9.28. The van der Waals surface area contributed by atoms with Gasteiger partial charge < -0.3 is 38.4 Å². The lowest BCUT2D eigenvalue weighted by Crippen LogP contribution is -2.49. The first-order chi connectivity index (χ1) is 12.2. The Kier molecular flexibility index (Phi) is 14.2. The van der Waals surface area contributed by atoms with Crippen LogP contribution in [0.1, 0.15) is 12.8 Å².